The summed E-state index contributed by atoms with van der Waals surface area (Å²) in [7, 11) is 1.78. The van der Waals surface area contributed by atoms with Crippen molar-refractivity contribution < 1.29 is 4.74 Å². The maximum absolute atomic E-state index is 5.79. The van der Waals surface area contributed by atoms with Gasteiger partial charge >= 0.3 is 0 Å². The van der Waals surface area contributed by atoms with Gasteiger partial charge in [0.15, 0.2) is 0 Å². The molecule has 1 saturated heterocycles. The maximum Gasteiger partial charge on any atom is 0.203 e. The zero-order valence-corrected chi connectivity index (χ0v) is 11.4. The zero-order chi connectivity index (χ0) is 13.5. The molecule has 1 aromatic heterocycles. The van der Waals surface area contributed by atoms with Gasteiger partial charge in [-0.25, -0.2) is 4.98 Å². The van der Waals surface area contributed by atoms with Crippen molar-refractivity contribution in [2.75, 3.05) is 30.8 Å². The number of nitrogen functional groups attached to an aromatic ring is 1. The minimum Gasteiger partial charge on any atom is -0.399 e. The van der Waals surface area contributed by atoms with Gasteiger partial charge in [0.1, 0.15) is 0 Å². The highest BCUT2D eigenvalue weighted by atomic mass is 16.5. The fourth-order valence-corrected chi connectivity index (χ4v) is 2.72. The normalized spacial score (nSPS) is 24.0. The average Bonchev–Trinajstić information content (AvgIpc) is 2.82. The third-order valence-corrected chi connectivity index (χ3v) is 3.94. The number of benzene rings is 1. The van der Waals surface area contributed by atoms with Crippen LogP contribution in [0.1, 0.15) is 19.8 Å². The van der Waals surface area contributed by atoms with Gasteiger partial charge in [0.05, 0.1) is 16.6 Å². The molecule has 1 aliphatic rings. The van der Waals surface area contributed by atoms with Gasteiger partial charge in [0, 0.05) is 25.9 Å². The summed E-state index contributed by atoms with van der Waals surface area (Å²) in [6.45, 7) is 4.02. The van der Waals surface area contributed by atoms with Crippen LogP contribution in [-0.2, 0) is 4.74 Å². The molecular weight excluding hydrogens is 240 g/mol. The topological polar surface area (TPSA) is 67.2 Å². The summed E-state index contributed by atoms with van der Waals surface area (Å²) in [5, 5.41) is 0. The molecule has 1 aromatic carbocycles. The van der Waals surface area contributed by atoms with E-state index in [1.165, 1.54) is 0 Å². The van der Waals surface area contributed by atoms with Crippen LogP contribution in [0.2, 0.25) is 0 Å². The summed E-state index contributed by atoms with van der Waals surface area (Å²) in [6.07, 6.45) is 2.21. The molecule has 0 saturated carbocycles. The number of aromatic amines is 1. The van der Waals surface area contributed by atoms with Gasteiger partial charge in [-0.15, -0.1) is 0 Å². The average molecular weight is 260 g/mol. The van der Waals surface area contributed by atoms with E-state index in [0.717, 1.165) is 48.6 Å². The Balaban J connectivity index is 1.91. The van der Waals surface area contributed by atoms with Gasteiger partial charge in [-0.3, -0.25) is 0 Å². The second kappa shape index (κ2) is 4.42. The fraction of sp³-hybridized carbons (Fsp3) is 0.500. The SMILES string of the molecule is COC1(C)CCCN(c2nc3ccc(N)cc3[nH]2)C1. The van der Waals surface area contributed by atoms with Crippen molar-refractivity contribution in [3.05, 3.63) is 18.2 Å². The summed E-state index contributed by atoms with van der Waals surface area (Å²) in [4.78, 5) is 10.2. The number of rotatable bonds is 2. The molecule has 102 valence electrons. The lowest BCUT2D eigenvalue weighted by Gasteiger charge is -2.39. The second-order valence-electron chi connectivity index (χ2n) is 5.52. The van der Waals surface area contributed by atoms with Gasteiger partial charge in [-0.1, -0.05) is 0 Å². The summed E-state index contributed by atoms with van der Waals surface area (Å²) < 4.78 is 5.62. The number of aromatic nitrogens is 2. The maximum atomic E-state index is 5.79. The number of ether oxygens (including phenoxy) is 1. The first kappa shape index (κ1) is 12.3. The van der Waals surface area contributed by atoms with Gasteiger partial charge in [0.2, 0.25) is 5.95 Å². The molecule has 0 radical (unpaired) electrons. The van der Waals surface area contributed by atoms with Crippen LogP contribution >= 0.6 is 0 Å². The molecule has 2 heterocycles. The zero-order valence-electron chi connectivity index (χ0n) is 11.4. The Labute approximate surface area is 112 Å². The van der Waals surface area contributed by atoms with Gasteiger partial charge in [-0.2, -0.15) is 0 Å². The van der Waals surface area contributed by atoms with Crippen LogP contribution in [0.15, 0.2) is 18.2 Å². The largest absolute Gasteiger partial charge is 0.399 e. The number of nitrogens with one attached hydrogen (secondary N) is 1. The van der Waals surface area contributed by atoms with Crippen molar-refractivity contribution in [2.45, 2.75) is 25.4 Å². The number of piperidine rings is 1. The number of hydrogen-bond acceptors (Lipinski definition) is 4. The van der Waals surface area contributed by atoms with Crippen LogP contribution in [0.5, 0.6) is 0 Å². The Morgan fingerprint density at radius 1 is 1.47 bits per heavy atom. The third-order valence-electron chi connectivity index (χ3n) is 3.94. The van der Waals surface area contributed by atoms with Crippen LogP contribution in [0.3, 0.4) is 0 Å². The van der Waals surface area contributed by atoms with E-state index >= 15 is 0 Å². The van der Waals surface area contributed by atoms with Crippen LogP contribution < -0.4 is 10.6 Å². The number of H-pyrrole nitrogens is 1. The Kier molecular flexibility index (Phi) is 2.86. The van der Waals surface area contributed by atoms with E-state index in [0.29, 0.717) is 0 Å². The van der Waals surface area contributed by atoms with E-state index < -0.39 is 0 Å². The number of hydrogen-bond donors (Lipinski definition) is 2. The highest BCUT2D eigenvalue weighted by molar-refractivity contribution is 5.80. The van der Waals surface area contributed by atoms with Crippen LogP contribution in [-0.4, -0.2) is 35.8 Å². The number of fused-ring (bicyclic) bond motifs is 1. The fourth-order valence-electron chi connectivity index (χ4n) is 2.72. The molecule has 3 N–H and O–H groups in total. The first-order valence-electron chi connectivity index (χ1n) is 6.65. The van der Waals surface area contributed by atoms with Crippen LogP contribution in [0, 0.1) is 0 Å². The van der Waals surface area contributed by atoms with Crippen LogP contribution in [0.25, 0.3) is 11.0 Å². The Hall–Kier alpha value is -1.75. The Morgan fingerprint density at radius 3 is 3.11 bits per heavy atom. The number of imidazole rings is 1. The molecule has 5 nitrogen and oxygen atoms in total. The van der Waals surface area contributed by atoms with Crippen LogP contribution in [0.4, 0.5) is 11.6 Å². The quantitative estimate of drug-likeness (QED) is 0.812. The summed E-state index contributed by atoms with van der Waals surface area (Å²) in [5.41, 5.74) is 8.40. The lowest BCUT2D eigenvalue weighted by atomic mass is 9.95. The second-order valence-corrected chi connectivity index (χ2v) is 5.52. The van der Waals surface area contributed by atoms with E-state index in [1.54, 1.807) is 7.11 Å². The first-order chi connectivity index (χ1) is 9.09. The summed E-state index contributed by atoms with van der Waals surface area (Å²) in [5.74, 6) is 0.906. The van der Waals surface area contributed by atoms with Crippen molar-refractivity contribution in [1.29, 1.82) is 0 Å². The number of anilines is 2. The molecule has 1 unspecified atom stereocenters. The van der Waals surface area contributed by atoms with E-state index in [1.807, 2.05) is 18.2 Å². The van der Waals surface area contributed by atoms with E-state index in [-0.39, 0.29) is 5.60 Å². The van der Waals surface area contributed by atoms with Crippen molar-refractivity contribution in [1.82, 2.24) is 9.97 Å². The molecule has 1 atom stereocenters. The molecule has 1 fully saturated rings. The molecule has 3 rings (SSSR count). The van der Waals surface area contributed by atoms with E-state index in [2.05, 4.69) is 21.8 Å². The number of nitrogens with two attached hydrogens (primary N) is 1. The third kappa shape index (κ3) is 2.26. The molecule has 0 aliphatic carbocycles. The monoisotopic (exact) mass is 260 g/mol. The number of nitrogens with zero attached hydrogens (tertiary/aromatic N) is 2. The first-order valence-corrected chi connectivity index (χ1v) is 6.65. The predicted octanol–water partition coefficient (Wildman–Crippen LogP) is 2.15. The molecule has 2 aromatic rings. The minimum absolute atomic E-state index is 0.0871. The Morgan fingerprint density at radius 2 is 2.32 bits per heavy atom. The van der Waals surface area contributed by atoms with Crippen molar-refractivity contribution >= 4 is 22.7 Å². The van der Waals surface area contributed by atoms with E-state index in [9.17, 15) is 0 Å². The predicted molar refractivity (Wildman–Crippen MR) is 77.4 cm³/mol. The molecular formula is C14H20N4O. The molecule has 0 spiro atoms. The standard InChI is InChI=1S/C14H20N4O/c1-14(19-2)6-3-7-18(9-14)13-16-11-5-4-10(15)8-12(11)17-13/h4-5,8H,3,6-7,9,15H2,1-2H3,(H,16,17). The molecule has 5 heteroatoms. The number of methoxy groups -OCH3 is 1. The molecule has 19 heavy (non-hydrogen) atoms. The summed E-state index contributed by atoms with van der Waals surface area (Å²) in [6, 6.07) is 5.75. The van der Waals surface area contributed by atoms with Crippen molar-refractivity contribution in [2.24, 2.45) is 0 Å². The van der Waals surface area contributed by atoms with E-state index in [4.69, 9.17) is 10.5 Å². The molecule has 0 bridgehead atoms. The highest BCUT2D eigenvalue weighted by Gasteiger charge is 2.31. The van der Waals surface area contributed by atoms with Gasteiger partial charge in [-0.05, 0) is 38.0 Å². The Bertz CT molecular complexity index is 594. The van der Waals surface area contributed by atoms with Gasteiger partial charge < -0.3 is 20.4 Å². The molecule has 1 aliphatic heterocycles. The highest BCUT2D eigenvalue weighted by Crippen LogP contribution is 2.28. The van der Waals surface area contributed by atoms with Gasteiger partial charge in [0.25, 0.3) is 0 Å². The van der Waals surface area contributed by atoms with Crippen molar-refractivity contribution in [3.63, 3.8) is 0 Å². The van der Waals surface area contributed by atoms with Crippen molar-refractivity contribution in [3.8, 4) is 0 Å². The lowest BCUT2D eigenvalue weighted by molar-refractivity contribution is -0.00494. The minimum atomic E-state index is -0.0871. The molecule has 0 amide bonds. The summed E-state index contributed by atoms with van der Waals surface area (Å²) >= 11 is 0. The lowest BCUT2D eigenvalue weighted by Crippen LogP contribution is -2.47. The smallest absolute Gasteiger partial charge is 0.203 e.